The number of aromatic nitrogens is 2. The minimum absolute atomic E-state index is 0.268. The van der Waals surface area contributed by atoms with Crippen LogP contribution in [0.15, 0.2) is 30.6 Å². The maximum absolute atomic E-state index is 5.95. The number of ether oxygens (including phenoxy) is 1. The number of benzene rings is 1. The molecule has 1 aromatic carbocycles. The van der Waals surface area contributed by atoms with Gasteiger partial charge in [0, 0.05) is 0 Å². The normalized spacial score (nSPS) is 10.1. The fourth-order valence-corrected chi connectivity index (χ4v) is 1.42. The summed E-state index contributed by atoms with van der Waals surface area (Å²) in [4.78, 5) is 7.77. The Hall–Kier alpha value is -1.52. The van der Waals surface area contributed by atoms with Crippen molar-refractivity contribution in [3.05, 3.63) is 40.6 Å². The number of hydrogen-bond donors (Lipinski definition) is 1. The Balaban J connectivity index is 2.31. The van der Waals surface area contributed by atoms with Crippen molar-refractivity contribution in [2.75, 3.05) is 5.73 Å². The number of anilines is 1. The maximum atomic E-state index is 5.95. The second kappa shape index (κ2) is 4.55. The second-order valence-electron chi connectivity index (χ2n) is 2.94. The number of nitrogens with zero attached hydrogens (tertiary/aromatic N) is 2. The van der Waals surface area contributed by atoms with E-state index < -0.39 is 0 Å². The summed E-state index contributed by atoms with van der Waals surface area (Å²) in [6.45, 7) is 0. The van der Waals surface area contributed by atoms with Gasteiger partial charge in [0.15, 0.2) is 0 Å². The summed E-state index contributed by atoms with van der Waals surface area (Å²) in [6, 6.07) is 5.07. The number of halogens is 2. The van der Waals surface area contributed by atoms with Crippen LogP contribution in [0.25, 0.3) is 0 Å². The van der Waals surface area contributed by atoms with Gasteiger partial charge in [0.2, 0.25) is 5.88 Å². The third-order valence-electron chi connectivity index (χ3n) is 1.76. The minimum atomic E-state index is 0.268. The quantitative estimate of drug-likeness (QED) is 0.896. The maximum Gasteiger partial charge on any atom is 0.239 e. The van der Waals surface area contributed by atoms with Gasteiger partial charge in [0.05, 0.1) is 17.4 Å². The van der Waals surface area contributed by atoms with Gasteiger partial charge in [-0.3, -0.25) is 4.98 Å². The Morgan fingerprint density at radius 2 is 2.00 bits per heavy atom. The van der Waals surface area contributed by atoms with Crippen LogP contribution in [0, 0.1) is 0 Å². The lowest BCUT2D eigenvalue weighted by molar-refractivity contribution is 0.461. The lowest BCUT2D eigenvalue weighted by atomic mass is 10.3. The zero-order valence-corrected chi connectivity index (χ0v) is 9.53. The van der Waals surface area contributed by atoms with Gasteiger partial charge in [0.1, 0.15) is 16.6 Å². The molecule has 0 saturated carbocycles. The number of nitrogen functional groups attached to an aromatic ring is 1. The summed E-state index contributed by atoms with van der Waals surface area (Å²) in [5, 5.41) is 0.740. The van der Waals surface area contributed by atoms with Gasteiger partial charge in [-0.25, -0.2) is 0 Å². The first-order valence-electron chi connectivity index (χ1n) is 4.36. The molecule has 0 atom stereocenters. The van der Waals surface area contributed by atoms with Crippen molar-refractivity contribution in [2.24, 2.45) is 0 Å². The molecule has 0 fully saturated rings. The van der Waals surface area contributed by atoms with Crippen LogP contribution < -0.4 is 10.5 Å². The first-order valence-corrected chi connectivity index (χ1v) is 5.12. The van der Waals surface area contributed by atoms with E-state index in [1.807, 2.05) is 0 Å². The van der Waals surface area contributed by atoms with Crippen LogP contribution in [0.5, 0.6) is 11.6 Å². The third-order valence-corrected chi connectivity index (χ3v) is 2.56. The average Bonchev–Trinajstić information content (AvgIpc) is 2.25. The van der Waals surface area contributed by atoms with Crippen molar-refractivity contribution in [3.63, 3.8) is 0 Å². The molecule has 16 heavy (non-hydrogen) atoms. The topological polar surface area (TPSA) is 61.0 Å². The van der Waals surface area contributed by atoms with Crippen LogP contribution in [-0.2, 0) is 0 Å². The lowest BCUT2D eigenvalue weighted by Gasteiger charge is -2.07. The molecular weight excluding hydrogens is 249 g/mol. The molecule has 0 unspecified atom stereocenters. The smallest absolute Gasteiger partial charge is 0.239 e. The molecule has 0 aliphatic carbocycles. The standard InChI is InChI=1S/C10H7Cl2N3O/c11-6-2-1-3-7(10(6)12)16-9-5-14-4-8(13)15-9/h1-5H,(H2,13,15). The van der Waals surface area contributed by atoms with Crippen molar-refractivity contribution in [2.45, 2.75) is 0 Å². The van der Waals surface area contributed by atoms with E-state index in [9.17, 15) is 0 Å². The first kappa shape index (κ1) is 11.0. The van der Waals surface area contributed by atoms with E-state index in [-0.39, 0.29) is 11.7 Å². The molecule has 0 radical (unpaired) electrons. The van der Waals surface area contributed by atoms with Gasteiger partial charge in [-0.05, 0) is 12.1 Å². The molecule has 6 heteroatoms. The first-order chi connectivity index (χ1) is 7.66. The highest BCUT2D eigenvalue weighted by atomic mass is 35.5. The Labute approximate surface area is 102 Å². The zero-order valence-electron chi connectivity index (χ0n) is 8.02. The molecule has 2 rings (SSSR count). The predicted octanol–water partition coefficient (Wildman–Crippen LogP) is 3.16. The molecule has 0 spiro atoms. The summed E-state index contributed by atoms with van der Waals surface area (Å²) in [5.74, 6) is 0.953. The molecule has 0 aliphatic rings. The Morgan fingerprint density at radius 1 is 1.19 bits per heavy atom. The minimum Gasteiger partial charge on any atom is -0.436 e. The van der Waals surface area contributed by atoms with E-state index >= 15 is 0 Å². The fourth-order valence-electron chi connectivity index (χ4n) is 1.09. The number of nitrogens with two attached hydrogens (primary N) is 1. The van der Waals surface area contributed by atoms with Gasteiger partial charge in [-0.2, -0.15) is 4.98 Å². The van der Waals surface area contributed by atoms with Crippen LogP contribution >= 0.6 is 23.2 Å². The fraction of sp³-hybridized carbons (Fsp3) is 0. The van der Waals surface area contributed by atoms with E-state index in [1.165, 1.54) is 12.4 Å². The predicted molar refractivity (Wildman–Crippen MR) is 63.0 cm³/mol. The molecule has 0 saturated heterocycles. The van der Waals surface area contributed by atoms with E-state index in [4.69, 9.17) is 33.7 Å². The lowest BCUT2D eigenvalue weighted by Crippen LogP contribution is -1.95. The molecule has 1 heterocycles. The van der Waals surface area contributed by atoms with Gasteiger partial charge in [0.25, 0.3) is 0 Å². The number of hydrogen-bond acceptors (Lipinski definition) is 4. The molecule has 2 aromatic rings. The summed E-state index contributed by atoms with van der Waals surface area (Å²) in [6.07, 6.45) is 2.86. The second-order valence-corrected chi connectivity index (χ2v) is 3.72. The molecule has 0 amide bonds. The Morgan fingerprint density at radius 3 is 2.75 bits per heavy atom. The van der Waals surface area contributed by atoms with Crippen LogP contribution in [-0.4, -0.2) is 9.97 Å². The van der Waals surface area contributed by atoms with Crippen molar-refractivity contribution in [1.29, 1.82) is 0 Å². The van der Waals surface area contributed by atoms with Gasteiger partial charge < -0.3 is 10.5 Å². The van der Waals surface area contributed by atoms with Gasteiger partial charge >= 0.3 is 0 Å². The monoisotopic (exact) mass is 255 g/mol. The van der Waals surface area contributed by atoms with Gasteiger partial charge in [-0.15, -0.1) is 0 Å². The average molecular weight is 256 g/mol. The van der Waals surface area contributed by atoms with Gasteiger partial charge in [-0.1, -0.05) is 29.3 Å². The molecule has 0 bridgehead atoms. The van der Waals surface area contributed by atoms with Crippen LogP contribution in [0.3, 0.4) is 0 Å². The van der Waals surface area contributed by atoms with E-state index in [1.54, 1.807) is 18.2 Å². The highest BCUT2D eigenvalue weighted by Crippen LogP contribution is 2.33. The SMILES string of the molecule is Nc1cncc(Oc2cccc(Cl)c2Cl)n1. The molecule has 4 nitrogen and oxygen atoms in total. The Kier molecular flexibility index (Phi) is 3.12. The van der Waals surface area contributed by atoms with E-state index in [0.717, 1.165) is 0 Å². The summed E-state index contributed by atoms with van der Waals surface area (Å²) < 4.78 is 5.40. The number of rotatable bonds is 2. The van der Waals surface area contributed by atoms with E-state index in [0.29, 0.717) is 15.8 Å². The molecule has 1 aromatic heterocycles. The van der Waals surface area contributed by atoms with E-state index in [2.05, 4.69) is 9.97 Å². The molecular formula is C10H7Cl2N3O. The Bertz CT molecular complexity index is 519. The summed E-state index contributed by atoms with van der Waals surface area (Å²) in [7, 11) is 0. The van der Waals surface area contributed by atoms with Crippen LogP contribution in [0.2, 0.25) is 10.0 Å². The van der Waals surface area contributed by atoms with Crippen molar-refractivity contribution in [3.8, 4) is 11.6 Å². The van der Waals surface area contributed by atoms with Crippen LogP contribution in [0.4, 0.5) is 5.82 Å². The van der Waals surface area contributed by atoms with Crippen molar-refractivity contribution < 1.29 is 4.74 Å². The molecule has 82 valence electrons. The summed E-state index contributed by atoms with van der Waals surface area (Å²) in [5.41, 5.74) is 5.47. The zero-order chi connectivity index (χ0) is 11.5. The largest absolute Gasteiger partial charge is 0.436 e. The van der Waals surface area contributed by atoms with Crippen molar-refractivity contribution in [1.82, 2.24) is 9.97 Å². The third kappa shape index (κ3) is 2.35. The highest BCUT2D eigenvalue weighted by molar-refractivity contribution is 6.42. The molecule has 2 N–H and O–H groups in total. The van der Waals surface area contributed by atoms with Crippen molar-refractivity contribution >= 4 is 29.0 Å². The van der Waals surface area contributed by atoms with Crippen LogP contribution in [0.1, 0.15) is 0 Å². The highest BCUT2D eigenvalue weighted by Gasteiger charge is 2.07. The molecule has 0 aliphatic heterocycles. The summed E-state index contributed by atoms with van der Waals surface area (Å²) >= 11 is 11.8.